The second-order valence-electron chi connectivity index (χ2n) is 7.22. The van der Waals surface area contributed by atoms with Gasteiger partial charge in [-0.25, -0.2) is 9.37 Å². The molecule has 160 valence electrons. The highest BCUT2D eigenvalue weighted by Gasteiger charge is 2.44. The number of thiazole rings is 1. The average molecular weight is 432 g/mol. The Hall–Kier alpha value is -2.58. The van der Waals surface area contributed by atoms with E-state index in [9.17, 15) is 19.1 Å². The van der Waals surface area contributed by atoms with Gasteiger partial charge in [0.1, 0.15) is 5.82 Å². The van der Waals surface area contributed by atoms with Gasteiger partial charge in [0.25, 0.3) is 5.91 Å². The van der Waals surface area contributed by atoms with Crippen LogP contribution in [-0.2, 0) is 4.79 Å². The molecule has 0 saturated heterocycles. The van der Waals surface area contributed by atoms with Crippen LogP contribution in [0.1, 0.15) is 45.8 Å². The number of halogens is 1. The fourth-order valence-electron chi connectivity index (χ4n) is 3.76. The van der Waals surface area contributed by atoms with Crippen LogP contribution >= 0.6 is 11.3 Å². The van der Waals surface area contributed by atoms with Crippen LogP contribution in [0.2, 0.25) is 0 Å². The third-order valence-electron chi connectivity index (χ3n) is 5.40. The zero-order valence-corrected chi connectivity index (χ0v) is 18.4. The quantitative estimate of drug-likeness (QED) is 0.644. The number of likely N-dealkylation sites (N-methyl/N-ethyl adjacent to an activating group) is 1. The maximum atomic E-state index is 13.5. The minimum absolute atomic E-state index is 0.0258. The van der Waals surface area contributed by atoms with Crippen LogP contribution in [0, 0.1) is 19.7 Å². The number of aromatic nitrogens is 1. The zero-order valence-electron chi connectivity index (χ0n) is 17.6. The number of carbonyl (C=O) groups is 2. The van der Waals surface area contributed by atoms with E-state index in [0.29, 0.717) is 29.2 Å². The van der Waals surface area contributed by atoms with Crippen molar-refractivity contribution in [3.63, 3.8) is 0 Å². The first-order valence-corrected chi connectivity index (χ1v) is 10.8. The number of aliphatic hydroxyl groups excluding tert-OH is 1. The van der Waals surface area contributed by atoms with Gasteiger partial charge in [-0.1, -0.05) is 26.0 Å². The summed E-state index contributed by atoms with van der Waals surface area (Å²) in [5, 5.41) is 11.4. The smallest absolute Gasteiger partial charge is 0.290 e. The molecule has 1 aliphatic heterocycles. The number of Topliss-reactive ketones (excluding diaryl/α,β-unsaturated/α-hetero) is 1. The van der Waals surface area contributed by atoms with E-state index in [0.717, 1.165) is 18.1 Å². The van der Waals surface area contributed by atoms with Crippen molar-refractivity contribution in [1.29, 1.82) is 0 Å². The Morgan fingerprint density at radius 1 is 1.23 bits per heavy atom. The Morgan fingerprint density at radius 2 is 1.87 bits per heavy atom. The van der Waals surface area contributed by atoms with Gasteiger partial charge in [-0.3, -0.25) is 9.59 Å². The van der Waals surface area contributed by atoms with E-state index in [-0.39, 0.29) is 5.57 Å². The molecule has 0 bridgehead atoms. The predicted molar refractivity (Wildman–Crippen MR) is 114 cm³/mol. The fraction of sp³-hybridized carbons (Fsp3) is 0.409. The van der Waals surface area contributed by atoms with Crippen molar-refractivity contribution in [3.05, 3.63) is 62.6 Å². The molecule has 8 heteroatoms. The first kappa shape index (κ1) is 22.1. The van der Waals surface area contributed by atoms with Gasteiger partial charge in [0.15, 0.2) is 5.76 Å². The molecule has 2 heterocycles. The first-order chi connectivity index (χ1) is 14.3. The Kier molecular flexibility index (Phi) is 6.67. The molecule has 2 aromatic rings. The SMILES string of the molecule is CCN(CC)CCN1C(=O)C(O)=C(C(=O)c2sc(C)nc2C)[C@@H]1c1ccc(F)cc1. The number of rotatable bonds is 8. The highest BCUT2D eigenvalue weighted by molar-refractivity contribution is 7.14. The van der Waals surface area contributed by atoms with Crippen molar-refractivity contribution in [1.82, 2.24) is 14.8 Å². The number of carbonyl (C=O) groups excluding carboxylic acids is 2. The molecule has 30 heavy (non-hydrogen) atoms. The summed E-state index contributed by atoms with van der Waals surface area (Å²) in [5.74, 6) is -1.95. The molecule has 1 aromatic carbocycles. The van der Waals surface area contributed by atoms with Crippen molar-refractivity contribution < 1.29 is 19.1 Å². The molecule has 1 aromatic heterocycles. The highest BCUT2D eigenvalue weighted by atomic mass is 32.1. The molecule has 1 atom stereocenters. The molecule has 0 unspecified atom stereocenters. The molecular formula is C22H26FN3O3S. The van der Waals surface area contributed by atoms with E-state index in [1.54, 1.807) is 26.0 Å². The average Bonchev–Trinajstić information content (AvgIpc) is 3.19. The van der Waals surface area contributed by atoms with Gasteiger partial charge < -0.3 is 14.9 Å². The van der Waals surface area contributed by atoms with Crippen molar-refractivity contribution in [3.8, 4) is 0 Å². The summed E-state index contributed by atoms with van der Waals surface area (Å²) < 4.78 is 13.5. The minimum Gasteiger partial charge on any atom is -0.503 e. The van der Waals surface area contributed by atoms with Crippen LogP contribution in [0.25, 0.3) is 0 Å². The number of hydrogen-bond donors (Lipinski definition) is 1. The molecule has 0 saturated carbocycles. The van der Waals surface area contributed by atoms with Gasteiger partial charge in [0.2, 0.25) is 5.78 Å². The number of aliphatic hydroxyl groups is 1. The Balaban J connectivity index is 2.04. The third kappa shape index (κ3) is 4.15. The molecule has 1 amide bonds. The molecular weight excluding hydrogens is 405 g/mol. The largest absolute Gasteiger partial charge is 0.503 e. The number of hydrogen-bond acceptors (Lipinski definition) is 6. The second kappa shape index (κ2) is 9.06. The number of benzene rings is 1. The fourth-order valence-corrected chi connectivity index (χ4v) is 4.64. The second-order valence-corrected chi connectivity index (χ2v) is 8.42. The summed E-state index contributed by atoms with van der Waals surface area (Å²) in [6.07, 6.45) is 0. The van der Waals surface area contributed by atoms with Crippen LogP contribution in [-0.4, -0.2) is 57.8 Å². The molecule has 3 rings (SSSR count). The van der Waals surface area contributed by atoms with Crippen molar-refractivity contribution in [2.45, 2.75) is 33.7 Å². The van der Waals surface area contributed by atoms with Gasteiger partial charge in [-0.05, 0) is 44.6 Å². The van der Waals surface area contributed by atoms with E-state index in [1.807, 2.05) is 13.8 Å². The number of nitrogens with zero attached hydrogens (tertiary/aromatic N) is 3. The Morgan fingerprint density at radius 3 is 2.40 bits per heavy atom. The maximum Gasteiger partial charge on any atom is 0.290 e. The number of aryl methyl sites for hydroxylation is 2. The summed E-state index contributed by atoms with van der Waals surface area (Å²) in [7, 11) is 0. The zero-order chi connectivity index (χ0) is 22.0. The minimum atomic E-state index is -0.775. The lowest BCUT2D eigenvalue weighted by Crippen LogP contribution is -2.38. The lowest BCUT2D eigenvalue weighted by molar-refractivity contribution is -0.129. The van der Waals surface area contributed by atoms with E-state index in [4.69, 9.17) is 0 Å². The first-order valence-electron chi connectivity index (χ1n) is 9.99. The highest BCUT2D eigenvalue weighted by Crippen LogP contribution is 2.40. The Bertz CT molecular complexity index is 980. The molecule has 0 fully saturated rings. The van der Waals surface area contributed by atoms with Crippen LogP contribution in [0.4, 0.5) is 4.39 Å². The van der Waals surface area contributed by atoms with E-state index in [2.05, 4.69) is 9.88 Å². The molecule has 0 radical (unpaired) electrons. The summed E-state index contributed by atoms with van der Waals surface area (Å²) in [6, 6.07) is 4.91. The van der Waals surface area contributed by atoms with Gasteiger partial charge >= 0.3 is 0 Å². The maximum absolute atomic E-state index is 13.5. The predicted octanol–water partition coefficient (Wildman–Crippen LogP) is 3.82. The molecule has 0 aliphatic carbocycles. The molecule has 6 nitrogen and oxygen atoms in total. The van der Waals surface area contributed by atoms with Gasteiger partial charge in [-0.15, -0.1) is 11.3 Å². The van der Waals surface area contributed by atoms with E-state index >= 15 is 0 Å². The van der Waals surface area contributed by atoms with Gasteiger partial charge in [-0.2, -0.15) is 0 Å². The Labute approximate surface area is 179 Å². The van der Waals surface area contributed by atoms with Crippen LogP contribution < -0.4 is 0 Å². The summed E-state index contributed by atoms with van der Waals surface area (Å²) in [6.45, 7) is 10.2. The van der Waals surface area contributed by atoms with E-state index in [1.165, 1.54) is 28.4 Å². The van der Waals surface area contributed by atoms with Crippen LogP contribution in [0.15, 0.2) is 35.6 Å². The summed E-state index contributed by atoms with van der Waals surface area (Å²) in [5.41, 5.74) is 1.17. The number of amides is 1. The van der Waals surface area contributed by atoms with Gasteiger partial charge in [0, 0.05) is 13.1 Å². The summed E-state index contributed by atoms with van der Waals surface area (Å²) in [4.78, 5) is 34.7. The van der Waals surface area contributed by atoms with Crippen molar-refractivity contribution in [2.75, 3.05) is 26.2 Å². The van der Waals surface area contributed by atoms with Crippen molar-refractivity contribution in [2.24, 2.45) is 0 Å². The van der Waals surface area contributed by atoms with E-state index < -0.39 is 29.3 Å². The topological polar surface area (TPSA) is 73.7 Å². The monoisotopic (exact) mass is 431 g/mol. The van der Waals surface area contributed by atoms with Crippen LogP contribution in [0.5, 0.6) is 0 Å². The lowest BCUT2D eigenvalue weighted by Gasteiger charge is -2.29. The number of ketones is 1. The third-order valence-corrected chi connectivity index (χ3v) is 6.47. The standard InChI is InChI=1S/C22H26FN3O3S/c1-5-25(6-2)11-12-26-18(15-7-9-16(23)10-8-15)17(20(28)22(26)29)19(27)21-13(3)24-14(4)30-21/h7-10,18,28H,5-6,11-12H2,1-4H3/t18-/m0/s1. The molecule has 0 spiro atoms. The summed E-state index contributed by atoms with van der Waals surface area (Å²) >= 11 is 1.23. The van der Waals surface area contributed by atoms with Crippen LogP contribution in [0.3, 0.4) is 0 Å². The lowest BCUT2D eigenvalue weighted by atomic mass is 9.95. The molecule has 1 N–H and O–H groups in total. The van der Waals surface area contributed by atoms with Crippen molar-refractivity contribution >= 4 is 23.0 Å². The normalized spacial score (nSPS) is 16.8. The van der Waals surface area contributed by atoms with Gasteiger partial charge in [0.05, 0.1) is 27.2 Å². The molecule has 1 aliphatic rings.